The van der Waals surface area contributed by atoms with Crippen molar-refractivity contribution in [2.75, 3.05) is 26.0 Å². The second-order valence-corrected chi connectivity index (χ2v) is 13.1. The first-order valence-corrected chi connectivity index (χ1v) is 15.3. The van der Waals surface area contributed by atoms with Gasteiger partial charge in [-0.1, -0.05) is 45.0 Å². The fraction of sp³-hybridized carbons (Fsp3) is 0.485. The first-order valence-electron chi connectivity index (χ1n) is 15.3. The predicted molar refractivity (Wildman–Crippen MR) is 168 cm³/mol. The van der Waals surface area contributed by atoms with Crippen LogP contribution in [-0.2, 0) is 22.3 Å². The molecule has 0 saturated carbocycles. The highest BCUT2D eigenvalue weighted by molar-refractivity contribution is 5.88. The largest absolute Gasteiger partial charge is 0.484 e. The lowest BCUT2D eigenvalue weighted by molar-refractivity contribution is 0.170. The Morgan fingerprint density at radius 3 is 2.61 bits per heavy atom. The molecule has 2 aliphatic rings. The van der Waals surface area contributed by atoms with Crippen LogP contribution in [0.2, 0.25) is 0 Å². The number of hydrogen-bond acceptors (Lipinski definition) is 8. The number of hydrogen-bond donors (Lipinski definition) is 2. The van der Waals surface area contributed by atoms with Crippen LogP contribution in [0.1, 0.15) is 94.0 Å². The third-order valence-electron chi connectivity index (χ3n) is 8.93. The van der Waals surface area contributed by atoms with Crippen molar-refractivity contribution >= 4 is 17.5 Å². The van der Waals surface area contributed by atoms with Crippen molar-refractivity contribution in [2.45, 2.75) is 83.1 Å². The number of carbonyl (C=O) groups is 1. The summed E-state index contributed by atoms with van der Waals surface area (Å²) in [7, 11) is 3.75. The minimum Gasteiger partial charge on any atom is -0.484 e. The molecule has 1 aliphatic carbocycles. The van der Waals surface area contributed by atoms with Crippen molar-refractivity contribution in [3.05, 3.63) is 77.1 Å². The van der Waals surface area contributed by atoms with Crippen LogP contribution < -0.4 is 15.4 Å². The van der Waals surface area contributed by atoms with Gasteiger partial charge in [-0.15, -0.1) is 10.2 Å². The number of benzene rings is 1. The summed E-state index contributed by atoms with van der Waals surface area (Å²) in [5, 5.41) is 15.1. The standard InChI is InChI=1S/C33H42N8O3/c1-32(2,3)26-18-27(36-28(35-26)20-43-6)37-31(42)34-24-13-14-25(23-11-8-7-10-22(23)24)44-21-12-15-29-38-39-30(41(29)19-21)33(4)16-9-17-40(33)5/h7-8,10-12,15,18-19,24-25H,9,13-14,16-17,20H2,1-6H3,(H2,34,35,36,37,42)/t24-,25+,33?/m0/s1. The zero-order chi connectivity index (χ0) is 31.1. The lowest BCUT2D eigenvalue weighted by Crippen LogP contribution is -2.37. The van der Waals surface area contributed by atoms with Gasteiger partial charge in [0, 0.05) is 18.6 Å². The summed E-state index contributed by atoms with van der Waals surface area (Å²) >= 11 is 0. The van der Waals surface area contributed by atoms with Crippen LogP contribution in [0.25, 0.3) is 5.65 Å². The molecular formula is C33H42N8O3. The van der Waals surface area contributed by atoms with Gasteiger partial charge in [-0.05, 0) is 69.5 Å². The summed E-state index contributed by atoms with van der Waals surface area (Å²) < 4.78 is 13.9. The minimum atomic E-state index is -0.318. The molecule has 0 radical (unpaired) electrons. The van der Waals surface area contributed by atoms with Crippen molar-refractivity contribution in [1.82, 2.24) is 34.8 Å². The molecule has 0 bridgehead atoms. The molecule has 4 heterocycles. The van der Waals surface area contributed by atoms with Crippen molar-refractivity contribution in [3.63, 3.8) is 0 Å². The molecule has 1 aliphatic heterocycles. The van der Waals surface area contributed by atoms with Crippen molar-refractivity contribution in [2.24, 2.45) is 0 Å². The molecule has 3 atom stereocenters. The zero-order valence-electron chi connectivity index (χ0n) is 26.4. The summed E-state index contributed by atoms with van der Waals surface area (Å²) in [6.45, 7) is 9.76. The molecule has 2 amide bonds. The van der Waals surface area contributed by atoms with Crippen LogP contribution in [-0.4, -0.2) is 56.2 Å². The number of ether oxygens (including phenoxy) is 2. The molecule has 11 nitrogen and oxygen atoms in total. The van der Waals surface area contributed by atoms with Crippen LogP contribution >= 0.6 is 0 Å². The Morgan fingerprint density at radius 1 is 1.09 bits per heavy atom. The number of rotatable bonds is 7. The molecule has 4 aromatic rings. The van der Waals surface area contributed by atoms with E-state index < -0.39 is 0 Å². The van der Waals surface area contributed by atoms with E-state index in [0.717, 1.165) is 66.3 Å². The quantitative estimate of drug-likeness (QED) is 0.279. The van der Waals surface area contributed by atoms with Crippen LogP contribution in [0.3, 0.4) is 0 Å². The van der Waals surface area contributed by atoms with Crippen LogP contribution in [0.15, 0.2) is 48.7 Å². The molecule has 3 aromatic heterocycles. The number of urea groups is 1. The lowest BCUT2D eigenvalue weighted by atomic mass is 9.85. The fourth-order valence-corrected chi connectivity index (χ4v) is 6.33. The highest BCUT2D eigenvalue weighted by Crippen LogP contribution is 2.40. The predicted octanol–water partition coefficient (Wildman–Crippen LogP) is 5.68. The Morgan fingerprint density at radius 2 is 1.89 bits per heavy atom. The van der Waals surface area contributed by atoms with Gasteiger partial charge in [0.25, 0.3) is 0 Å². The van der Waals surface area contributed by atoms with E-state index in [-0.39, 0.29) is 35.7 Å². The Kier molecular flexibility index (Phi) is 8.02. The number of methoxy groups -OCH3 is 1. The molecule has 1 fully saturated rings. The maximum atomic E-state index is 13.2. The smallest absolute Gasteiger partial charge is 0.320 e. The topological polar surface area (TPSA) is 119 Å². The van der Waals surface area contributed by atoms with E-state index in [2.05, 4.69) is 87.0 Å². The summed E-state index contributed by atoms with van der Waals surface area (Å²) in [5.41, 5.74) is 3.37. The third-order valence-corrected chi connectivity index (χ3v) is 8.93. The van der Waals surface area contributed by atoms with Gasteiger partial charge >= 0.3 is 6.03 Å². The average molecular weight is 599 g/mol. The number of carbonyl (C=O) groups excluding carboxylic acids is 1. The fourth-order valence-electron chi connectivity index (χ4n) is 6.33. The van der Waals surface area contributed by atoms with E-state index >= 15 is 0 Å². The van der Waals surface area contributed by atoms with Gasteiger partial charge in [-0.3, -0.25) is 14.6 Å². The molecule has 0 spiro atoms. The number of aromatic nitrogens is 5. The Balaban J connectivity index is 1.19. The van der Waals surface area contributed by atoms with Crippen molar-refractivity contribution in [3.8, 4) is 5.75 Å². The van der Waals surface area contributed by atoms with Gasteiger partial charge < -0.3 is 14.8 Å². The van der Waals surface area contributed by atoms with Gasteiger partial charge in [0.2, 0.25) is 0 Å². The molecule has 11 heteroatoms. The first kappa shape index (κ1) is 30.0. The Bertz CT molecular complexity index is 1660. The maximum Gasteiger partial charge on any atom is 0.320 e. The van der Waals surface area contributed by atoms with Gasteiger partial charge in [-0.25, -0.2) is 14.8 Å². The summed E-state index contributed by atoms with van der Waals surface area (Å²) in [4.78, 5) is 24.7. The van der Waals surface area contributed by atoms with Crippen LogP contribution in [0.4, 0.5) is 10.6 Å². The molecule has 6 rings (SSSR count). The molecule has 1 aromatic carbocycles. The second kappa shape index (κ2) is 11.8. The molecule has 1 saturated heterocycles. The number of nitrogens with one attached hydrogen (secondary N) is 2. The number of likely N-dealkylation sites (tertiary alicyclic amines) is 1. The monoisotopic (exact) mass is 598 g/mol. The van der Waals surface area contributed by atoms with Gasteiger partial charge in [0.1, 0.15) is 24.3 Å². The van der Waals surface area contributed by atoms with Crippen LogP contribution in [0.5, 0.6) is 5.75 Å². The number of fused-ring (bicyclic) bond motifs is 2. The lowest BCUT2D eigenvalue weighted by Gasteiger charge is -2.32. The average Bonchev–Trinajstić information content (AvgIpc) is 3.57. The highest BCUT2D eigenvalue weighted by atomic mass is 16.5. The van der Waals surface area contributed by atoms with E-state index in [1.807, 2.05) is 36.5 Å². The molecule has 1 unspecified atom stereocenters. The highest BCUT2D eigenvalue weighted by Gasteiger charge is 2.40. The molecule has 232 valence electrons. The Hall–Kier alpha value is -4.09. The van der Waals surface area contributed by atoms with Crippen molar-refractivity contribution < 1.29 is 14.3 Å². The van der Waals surface area contributed by atoms with Gasteiger partial charge in [0.05, 0.1) is 23.5 Å². The SMILES string of the molecule is COCc1nc(NC(=O)N[C@H]2CC[C@@H](Oc3ccc4nnc(C5(C)CCCN5C)n4c3)c3ccccc32)cc(C(C)(C)C)n1. The van der Waals surface area contributed by atoms with Crippen LogP contribution in [0, 0.1) is 0 Å². The molecule has 44 heavy (non-hydrogen) atoms. The summed E-state index contributed by atoms with van der Waals surface area (Å²) in [6.07, 6.45) is 5.50. The van der Waals surface area contributed by atoms with E-state index in [1.165, 1.54) is 0 Å². The van der Waals surface area contributed by atoms with E-state index in [9.17, 15) is 4.79 Å². The maximum absolute atomic E-state index is 13.2. The number of anilines is 1. The van der Waals surface area contributed by atoms with E-state index in [4.69, 9.17) is 9.47 Å². The van der Waals surface area contributed by atoms with E-state index in [0.29, 0.717) is 11.6 Å². The molecular weight excluding hydrogens is 556 g/mol. The number of pyridine rings is 1. The zero-order valence-corrected chi connectivity index (χ0v) is 26.4. The number of amides is 2. The second-order valence-electron chi connectivity index (χ2n) is 13.1. The van der Waals surface area contributed by atoms with Gasteiger partial charge in [-0.2, -0.15) is 0 Å². The minimum absolute atomic E-state index is 0.151. The van der Waals surface area contributed by atoms with E-state index in [1.54, 1.807) is 7.11 Å². The van der Waals surface area contributed by atoms with Crippen molar-refractivity contribution in [1.29, 1.82) is 0 Å². The Labute approximate surface area is 258 Å². The molecule has 2 N–H and O–H groups in total. The third kappa shape index (κ3) is 5.86. The summed E-state index contributed by atoms with van der Waals surface area (Å²) in [5.74, 6) is 2.67. The first-order chi connectivity index (χ1) is 21.0. The normalized spacial score (nSPS) is 22.1. The van der Waals surface area contributed by atoms with Gasteiger partial charge in [0.15, 0.2) is 17.3 Å². The summed E-state index contributed by atoms with van der Waals surface area (Å²) in [6, 6.07) is 13.4. The number of nitrogens with zero attached hydrogens (tertiary/aromatic N) is 6.